The highest BCUT2D eigenvalue weighted by atomic mass is 19.4. The molecule has 1 N–H and O–H groups in total. The van der Waals surface area contributed by atoms with E-state index in [4.69, 9.17) is 4.74 Å². The average Bonchev–Trinajstić information content (AvgIpc) is 2.96. The van der Waals surface area contributed by atoms with Gasteiger partial charge >= 0.3 is 12.4 Å². The Bertz CT molecular complexity index is 1190. The Morgan fingerprint density at radius 2 is 1.52 bits per heavy atom. The molecule has 1 heterocycles. The summed E-state index contributed by atoms with van der Waals surface area (Å²) in [7, 11) is 0. The average molecular weight is 599 g/mol. The molecule has 0 radical (unpaired) electrons. The van der Waals surface area contributed by atoms with Crippen molar-refractivity contribution in [2.45, 2.75) is 88.9 Å². The van der Waals surface area contributed by atoms with E-state index in [1.54, 1.807) is 11.8 Å². The number of carbonyl (C=O) groups is 2. The fraction of sp³-hybridized carbons (Fsp3) is 0.548. The molecule has 42 heavy (non-hydrogen) atoms. The summed E-state index contributed by atoms with van der Waals surface area (Å²) < 4.78 is 86.9. The van der Waals surface area contributed by atoms with Gasteiger partial charge in [0.15, 0.2) is 0 Å². The Labute approximate surface area is 241 Å². The predicted octanol–water partition coefficient (Wildman–Crippen LogP) is 7.27. The van der Waals surface area contributed by atoms with Gasteiger partial charge in [-0.25, -0.2) is 0 Å². The van der Waals surface area contributed by atoms with Gasteiger partial charge in [0.1, 0.15) is 0 Å². The van der Waals surface area contributed by atoms with Gasteiger partial charge < -0.3 is 15.0 Å². The van der Waals surface area contributed by atoms with Gasteiger partial charge in [0.25, 0.3) is 0 Å². The third-order valence-corrected chi connectivity index (χ3v) is 8.31. The molecule has 0 spiro atoms. The van der Waals surface area contributed by atoms with E-state index >= 15 is 0 Å². The van der Waals surface area contributed by atoms with Gasteiger partial charge in [-0.3, -0.25) is 9.59 Å². The topological polar surface area (TPSA) is 58.6 Å². The normalized spacial score (nSPS) is 24.2. The van der Waals surface area contributed by atoms with Crippen molar-refractivity contribution in [1.82, 2.24) is 10.2 Å². The van der Waals surface area contributed by atoms with Crippen molar-refractivity contribution >= 4 is 11.8 Å². The Morgan fingerprint density at radius 3 is 2.07 bits per heavy atom. The van der Waals surface area contributed by atoms with Gasteiger partial charge in [-0.2, -0.15) is 26.3 Å². The lowest BCUT2D eigenvalue weighted by molar-refractivity contribution is -0.143. The minimum Gasteiger partial charge on any atom is -0.370 e. The number of nitrogens with zero attached hydrogens (tertiary/aromatic N) is 1. The highest BCUT2D eigenvalue weighted by Crippen LogP contribution is 2.40. The second-order valence-corrected chi connectivity index (χ2v) is 11.2. The van der Waals surface area contributed by atoms with E-state index in [0.717, 1.165) is 18.4 Å². The van der Waals surface area contributed by atoms with Crippen LogP contribution in [0.5, 0.6) is 0 Å². The van der Waals surface area contributed by atoms with E-state index in [9.17, 15) is 35.9 Å². The second-order valence-electron chi connectivity index (χ2n) is 11.2. The second kappa shape index (κ2) is 13.1. The summed E-state index contributed by atoms with van der Waals surface area (Å²) in [5.74, 6) is -0.472. The maximum Gasteiger partial charge on any atom is 0.416 e. The molecule has 5 nitrogen and oxygen atoms in total. The molecule has 3 atom stereocenters. The number of benzene rings is 2. The quantitative estimate of drug-likeness (QED) is 0.341. The number of piperidine rings is 1. The largest absolute Gasteiger partial charge is 0.416 e. The summed E-state index contributed by atoms with van der Waals surface area (Å²) >= 11 is 0. The third-order valence-electron chi connectivity index (χ3n) is 8.31. The summed E-state index contributed by atoms with van der Waals surface area (Å²) in [6, 6.07) is 10.9. The highest BCUT2D eigenvalue weighted by Gasteiger charge is 2.40. The molecule has 4 rings (SSSR count). The molecular weight excluding hydrogens is 562 g/mol. The maximum absolute atomic E-state index is 13.5. The lowest BCUT2D eigenvalue weighted by Gasteiger charge is -2.42. The van der Waals surface area contributed by atoms with Crippen molar-refractivity contribution in [3.63, 3.8) is 0 Å². The number of ether oxygens (including phenoxy) is 1. The molecule has 2 fully saturated rings. The summed E-state index contributed by atoms with van der Waals surface area (Å²) in [6.07, 6.45) is -7.94. The van der Waals surface area contributed by atoms with Crippen molar-refractivity contribution in [2.75, 3.05) is 13.1 Å². The van der Waals surface area contributed by atoms with Gasteiger partial charge in [-0.1, -0.05) is 37.3 Å². The van der Waals surface area contributed by atoms with Crippen LogP contribution in [-0.4, -0.2) is 41.9 Å². The number of halogens is 6. The van der Waals surface area contributed by atoms with Crippen molar-refractivity contribution in [2.24, 2.45) is 5.92 Å². The van der Waals surface area contributed by atoms with Crippen molar-refractivity contribution in [3.8, 4) is 0 Å². The van der Waals surface area contributed by atoms with Crippen LogP contribution in [0.4, 0.5) is 26.3 Å². The maximum atomic E-state index is 13.5. The van der Waals surface area contributed by atoms with Crippen LogP contribution in [0.2, 0.25) is 0 Å². The highest BCUT2D eigenvalue weighted by molar-refractivity contribution is 5.79. The summed E-state index contributed by atoms with van der Waals surface area (Å²) in [5.41, 5.74) is -2.11. The number of nitrogens with one attached hydrogen (secondary N) is 1. The third kappa shape index (κ3) is 7.85. The molecule has 0 aromatic heterocycles. The van der Waals surface area contributed by atoms with Crippen LogP contribution in [0.3, 0.4) is 0 Å². The first kappa shape index (κ1) is 31.8. The molecule has 1 aliphatic carbocycles. The molecule has 3 unspecified atom stereocenters. The minimum absolute atomic E-state index is 0.00783. The van der Waals surface area contributed by atoms with Crippen LogP contribution in [0.1, 0.15) is 86.6 Å². The van der Waals surface area contributed by atoms with Gasteiger partial charge in [-0.05, 0) is 68.4 Å². The van der Waals surface area contributed by atoms with Crippen molar-refractivity contribution in [1.29, 1.82) is 0 Å². The van der Waals surface area contributed by atoms with Gasteiger partial charge in [0, 0.05) is 37.4 Å². The number of amides is 2. The molecular formula is C31H36F6N2O3. The van der Waals surface area contributed by atoms with E-state index in [-0.39, 0.29) is 41.3 Å². The molecule has 0 bridgehead atoms. The number of rotatable bonds is 7. The first-order chi connectivity index (χ1) is 19.8. The predicted molar refractivity (Wildman–Crippen MR) is 144 cm³/mol. The van der Waals surface area contributed by atoms with Crippen LogP contribution in [0.25, 0.3) is 0 Å². The molecule has 11 heteroatoms. The number of hydrogen-bond acceptors (Lipinski definition) is 3. The monoisotopic (exact) mass is 598 g/mol. The standard InChI is InChI=1S/C31H36F6N2O3/c1-3-28(40)38-25-11-9-21(10-12-25)29(41)39-14-13-27(26(18-39)20-7-5-4-6-8-20)42-19(2)22-15-23(30(32,33)34)17-24(16-22)31(35,36)37/h4-8,15-17,19,21,25-27H,3,9-14,18H2,1-2H3,(H,38,40)/t19?,21-,25-,26?,27?. The molecule has 1 saturated carbocycles. The zero-order chi connectivity index (χ0) is 30.7. The Hall–Kier alpha value is -3.08. The fourth-order valence-corrected chi connectivity index (χ4v) is 5.94. The van der Waals surface area contributed by atoms with Crippen LogP contribution in [-0.2, 0) is 26.7 Å². The lowest BCUT2D eigenvalue weighted by Crippen LogP contribution is -2.49. The zero-order valence-corrected chi connectivity index (χ0v) is 23.6. The van der Waals surface area contributed by atoms with E-state index < -0.39 is 35.7 Å². The van der Waals surface area contributed by atoms with Crippen LogP contribution in [0, 0.1) is 5.92 Å². The zero-order valence-electron chi connectivity index (χ0n) is 23.6. The lowest BCUT2D eigenvalue weighted by atomic mass is 9.83. The number of carbonyl (C=O) groups excluding carboxylic acids is 2. The molecule has 230 valence electrons. The number of hydrogen-bond donors (Lipinski definition) is 1. The van der Waals surface area contributed by atoms with Crippen LogP contribution < -0.4 is 5.32 Å². The van der Waals surface area contributed by atoms with Crippen molar-refractivity contribution < 1.29 is 40.7 Å². The van der Waals surface area contributed by atoms with E-state index in [0.29, 0.717) is 50.9 Å². The van der Waals surface area contributed by atoms with Crippen molar-refractivity contribution in [3.05, 3.63) is 70.8 Å². The molecule has 1 aliphatic heterocycles. The molecule has 2 amide bonds. The van der Waals surface area contributed by atoms with E-state index in [1.807, 2.05) is 30.3 Å². The van der Waals surface area contributed by atoms with E-state index in [1.165, 1.54) is 6.92 Å². The Balaban J connectivity index is 1.50. The fourth-order valence-electron chi connectivity index (χ4n) is 5.94. The molecule has 1 saturated heterocycles. The molecule has 2 aliphatic rings. The van der Waals surface area contributed by atoms with Crippen LogP contribution >= 0.6 is 0 Å². The summed E-state index contributed by atoms with van der Waals surface area (Å²) in [6.45, 7) is 3.93. The van der Waals surface area contributed by atoms with Gasteiger partial charge in [-0.15, -0.1) is 0 Å². The van der Waals surface area contributed by atoms with Crippen LogP contribution in [0.15, 0.2) is 48.5 Å². The Morgan fingerprint density at radius 1 is 0.929 bits per heavy atom. The summed E-state index contributed by atoms with van der Waals surface area (Å²) in [4.78, 5) is 27.0. The number of alkyl halides is 6. The minimum atomic E-state index is -4.95. The summed E-state index contributed by atoms with van der Waals surface area (Å²) in [5, 5.41) is 2.99. The Kier molecular flexibility index (Phi) is 9.90. The molecule has 2 aromatic rings. The first-order valence-electron chi connectivity index (χ1n) is 14.3. The SMILES string of the molecule is CCC(=O)N[C@H]1CC[C@H](C(=O)N2CCC(OC(C)c3cc(C(F)(F)F)cc(C(F)(F)F)c3)C(c3ccccc3)C2)CC1. The van der Waals surface area contributed by atoms with E-state index in [2.05, 4.69) is 5.32 Å². The smallest absolute Gasteiger partial charge is 0.370 e. The number of likely N-dealkylation sites (tertiary alicyclic amines) is 1. The molecule has 2 aromatic carbocycles. The first-order valence-corrected chi connectivity index (χ1v) is 14.3. The van der Waals surface area contributed by atoms with Gasteiger partial charge in [0.05, 0.1) is 23.3 Å². The van der Waals surface area contributed by atoms with Gasteiger partial charge in [0.2, 0.25) is 11.8 Å².